The van der Waals surface area contributed by atoms with E-state index in [4.69, 9.17) is 10.5 Å². The van der Waals surface area contributed by atoms with Crippen LogP contribution in [0.1, 0.15) is 26.7 Å². The van der Waals surface area contributed by atoms with Crippen LogP contribution in [0.3, 0.4) is 0 Å². The first kappa shape index (κ1) is 16.6. The summed E-state index contributed by atoms with van der Waals surface area (Å²) < 4.78 is 43.8. The van der Waals surface area contributed by atoms with Crippen molar-refractivity contribution in [3.8, 4) is 0 Å². The zero-order valence-corrected chi connectivity index (χ0v) is 8.68. The zero-order chi connectivity index (χ0) is 12.5. The second-order valence-corrected chi connectivity index (χ2v) is 2.80. The molecule has 0 spiro atoms. The molecule has 0 aliphatic heterocycles. The molecular formula is C7H15BF4NO2-. The Morgan fingerprint density at radius 2 is 1.80 bits per heavy atom. The van der Waals surface area contributed by atoms with Gasteiger partial charge in [0.2, 0.25) is 0 Å². The number of esters is 1. The molecule has 0 unspecified atom stereocenters. The molecule has 2 N–H and O–H groups in total. The molecule has 3 nitrogen and oxygen atoms in total. The third-order valence-corrected chi connectivity index (χ3v) is 1.11. The third kappa shape index (κ3) is 24.6. The van der Waals surface area contributed by atoms with Crippen molar-refractivity contribution in [2.45, 2.75) is 32.7 Å². The number of halogens is 4. The largest absolute Gasteiger partial charge is 0.673 e. The van der Waals surface area contributed by atoms with Gasteiger partial charge in [-0.25, -0.2) is 0 Å². The van der Waals surface area contributed by atoms with Crippen LogP contribution in [-0.2, 0) is 9.53 Å². The lowest BCUT2D eigenvalue weighted by molar-refractivity contribution is -0.144. The van der Waals surface area contributed by atoms with E-state index in [1.165, 1.54) is 0 Å². The lowest BCUT2D eigenvalue weighted by Gasteiger charge is -2.04. The van der Waals surface area contributed by atoms with E-state index >= 15 is 0 Å². The van der Waals surface area contributed by atoms with Gasteiger partial charge in [-0.2, -0.15) is 0 Å². The Kier molecular flexibility index (Phi) is 9.45. The molecule has 0 amide bonds. The average Bonchev–Trinajstić information content (AvgIpc) is 2.01. The molecule has 0 saturated heterocycles. The summed E-state index contributed by atoms with van der Waals surface area (Å²) in [6, 6.07) is -0.489. The molecule has 1 atom stereocenters. The van der Waals surface area contributed by atoms with Crippen LogP contribution < -0.4 is 5.73 Å². The van der Waals surface area contributed by atoms with Crippen molar-refractivity contribution in [3.05, 3.63) is 0 Å². The van der Waals surface area contributed by atoms with Gasteiger partial charge in [0, 0.05) is 0 Å². The molecule has 0 aromatic heterocycles. The van der Waals surface area contributed by atoms with E-state index in [2.05, 4.69) is 0 Å². The summed E-state index contributed by atoms with van der Waals surface area (Å²) in [4.78, 5) is 10.7. The molecule has 0 aromatic carbocycles. The van der Waals surface area contributed by atoms with Crippen molar-refractivity contribution in [1.82, 2.24) is 0 Å². The average molecular weight is 232 g/mol. The molecule has 0 fully saturated rings. The number of hydrogen-bond acceptors (Lipinski definition) is 3. The SMILES string of the molecule is CCCCOC(=O)[C@H](C)N.F[B-](F)(F)F. The molecule has 0 aliphatic rings. The van der Waals surface area contributed by atoms with Gasteiger partial charge in [-0.05, 0) is 13.3 Å². The molecule has 0 rings (SSSR count). The lowest BCUT2D eigenvalue weighted by Crippen LogP contribution is -2.28. The monoisotopic (exact) mass is 232 g/mol. The fraction of sp³-hybridized carbons (Fsp3) is 0.857. The summed E-state index contributed by atoms with van der Waals surface area (Å²) in [5, 5.41) is 0. The predicted octanol–water partition coefficient (Wildman–Crippen LogP) is 1.98. The highest BCUT2D eigenvalue weighted by Gasteiger charge is 2.20. The summed E-state index contributed by atoms with van der Waals surface area (Å²) >= 11 is 0. The standard InChI is InChI=1S/C7H15NO2.BF4/c1-3-4-5-10-7(9)6(2)8;2-1(3,4)5/h6H,3-5,8H2,1-2H3;/q;-1/t6-;/m0./s1. The maximum absolute atomic E-state index is 10.7. The van der Waals surface area contributed by atoms with E-state index < -0.39 is 13.3 Å². The van der Waals surface area contributed by atoms with E-state index in [1.54, 1.807) is 6.92 Å². The van der Waals surface area contributed by atoms with Crippen LogP contribution in [0.15, 0.2) is 0 Å². The Morgan fingerprint density at radius 1 is 1.40 bits per heavy atom. The quantitative estimate of drug-likeness (QED) is 0.349. The highest BCUT2D eigenvalue weighted by atomic mass is 19.5. The number of unbranched alkanes of at least 4 members (excludes halogenated alkanes) is 1. The molecule has 0 radical (unpaired) electrons. The Labute approximate surface area is 86.1 Å². The number of nitrogens with two attached hydrogens (primary N) is 1. The highest BCUT2D eigenvalue weighted by molar-refractivity contribution is 6.50. The minimum Gasteiger partial charge on any atom is -0.465 e. The lowest BCUT2D eigenvalue weighted by atomic mass is 10.3. The van der Waals surface area contributed by atoms with Crippen LogP contribution >= 0.6 is 0 Å². The molecule has 0 saturated carbocycles. The summed E-state index contributed by atoms with van der Waals surface area (Å²) in [5.41, 5.74) is 5.24. The van der Waals surface area contributed by atoms with Crippen LogP contribution in [0.4, 0.5) is 17.3 Å². The number of carbonyl (C=O) groups is 1. The molecule has 8 heteroatoms. The molecule has 92 valence electrons. The second kappa shape index (κ2) is 8.52. The summed E-state index contributed by atoms with van der Waals surface area (Å²) in [5.74, 6) is -0.312. The number of ether oxygens (including phenoxy) is 1. The van der Waals surface area contributed by atoms with E-state index in [0.29, 0.717) is 6.61 Å². The van der Waals surface area contributed by atoms with E-state index in [0.717, 1.165) is 12.8 Å². The number of rotatable bonds is 4. The third-order valence-electron chi connectivity index (χ3n) is 1.11. The summed E-state index contributed by atoms with van der Waals surface area (Å²) in [7, 11) is -6.00. The Bertz CT molecular complexity index is 169. The van der Waals surface area contributed by atoms with Crippen LogP contribution in [0.25, 0.3) is 0 Å². The van der Waals surface area contributed by atoms with Crippen LogP contribution in [0.2, 0.25) is 0 Å². The van der Waals surface area contributed by atoms with Gasteiger partial charge in [0.25, 0.3) is 0 Å². The Morgan fingerprint density at radius 3 is 2.07 bits per heavy atom. The zero-order valence-electron chi connectivity index (χ0n) is 8.68. The first-order valence-corrected chi connectivity index (χ1v) is 4.48. The number of carbonyl (C=O) groups excluding carboxylic acids is 1. The van der Waals surface area contributed by atoms with Gasteiger partial charge in [-0.3, -0.25) is 4.79 Å². The number of hydrogen-bond donors (Lipinski definition) is 1. The van der Waals surface area contributed by atoms with Crippen molar-refractivity contribution in [2.24, 2.45) is 5.73 Å². The van der Waals surface area contributed by atoms with E-state index in [-0.39, 0.29) is 5.97 Å². The first-order valence-electron chi connectivity index (χ1n) is 4.48. The molecule has 0 bridgehead atoms. The van der Waals surface area contributed by atoms with Gasteiger partial charge in [0.05, 0.1) is 6.61 Å². The van der Waals surface area contributed by atoms with Crippen LogP contribution in [0, 0.1) is 0 Å². The van der Waals surface area contributed by atoms with Gasteiger partial charge in [-0.1, -0.05) is 13.3 Å². The fourth-order valence-electron chi connectivity index (χ4n) is 0.449. The topological polar surface area (TPSA) is 52.3 Å². The van der Waals surface area contributed by atoms with Crippen molar-refractivity contribution < 1.29 is 26.8 Å². The molecule has 0 aliphatic carbocycles. The maximum atomic E-state index is 10.7. The van der Waals surface area contributed by atoms with Gasteiger partial charge in [-0.15, -0.1) is 0 Å². The van der Waals surface area contributed by atoms with Gasteiger partial charge < -0.3 is 27.7 Å². The predicted molar refractivity (Wildman–Crippen MR) is 49.7 cm³/mol. The smallest absolute Gasteiger partial charge is 0.465 e. The van der Waals surface area contributed by atoms with Crippen molar-refractivity contribution in [1.29, 1.82) is 0 Å². The molecule has 0 aromatic rings. The fourth-order valence-corrected chi connectivity index (χ4v) is 0.449. The minimum absolute atomic E-state index is 0.312. The highest BCUT2D eigenvalue weighted by Crippen LogP contribution is 2.06. The van der Waals surface area contributed by atoms with Gasteiger partial charge in [0.1, 0.15) is 6.04 Å². The maximum Gasteiger partial charge on any atom is 0.673 e. The van der Waals surface area contributed by atoms with Crippen molar-refractivity contribution >= 4 is 13.2 Å². The summed E-state index contributed by atoms with van der Waals surface area (Å²) in [6.45, 7) is 4.16. The van der Waals surface area contributed by atoms with Crippen LogP contribution in [-0.4, -0.2) is 25.9 Å². The van der Waals surface area contributed by atoms with Crippen molar-refractivity contribution in [3.63, 3.8) is 0 Å². The normalized spacial score (nSPS) is 12.5. The Hall–Kier alpha value is -0.785. The van der Waals surface area contributed by atoms with E-state index in [9.17, 15) is 22.1 Å². The summed E-state index contributed by atoms with van der Waals surface area (Å²) in [6.07, 6.45) is 1.95. The molecule has 0 heterocycles. The van der Waals surface area contributed by atoms with E-state index in [1.807, 2.05) is 6.92 Å². The van der Waals surface area contributed by atoms with Gasteiger partial charge >= 0.3 is 13.2 Å². The second-order valence-electron chi connectivity index (χ2n) is 2.80. The first-order chi connectivity index (χ1) is 6.68. The van der Waals surface area contributed by atoms with Crippen molar-refractivity contribution in [2.75, 3.05) is 6.61 Å². The Balaban J connectivity index is 0. The minimum atomic E-state index is -6.00. The molecule has 15 heavy (non-hydrogen) atoms. The van der Waals surface area contributed by atoms with Crippen LogP contribution in [0.5, 0.6) is 0 Å². The van der Waals surface area contributed by atoms with Gasteiger partial charge in [0.15, 0.2) is 0 Å². The molecular weight excluding hydrogens is 217 g/mol.